The van der Waals surface area contributed by atoms with Gasteiger partial charge in [-0.1, -0.05) is 12.1 Å². The third-order valence-electron chi connectivity index (χ3n) is 3.21. The molecule has 2 rings (SSSR count). The number of hydrogen-bond acceptors (Lipinski definition) is 2. The summed E-state index contributed by atoms with van der Waals surface area (Å²) < 4.78 is -0.705. The maximum Gasteiger partial charge on any atom is 0.118 e. The Morgan fingerprint density at radius 3 is 1.94 bits per heavy atom. The summed E-state index contributed by atoms with van der Waals surface area (Å²) in [5.74, 6) is 0.201. The zero-order valence-electron chi connectivity index (χ0n) is 8.79. The van der Waals surface area contributed by atoms with E-state index in [1.54, 1.807) is 24.3 Å². The number of rotatable bonds is 1. The molecule has 1 aliphatic carbocycles. The Balaban J connectivity index is 2.18. The monoisotopic (exact) mass is 260 g/mol. The second kappa shape index (κ2) is 4.10. The molecule has 1 aromatic carbocycles. The molecule has 1 fully saturated rings. The first-order valence-electron chi connectivity index (χ1n) is 5.31. The minimum atomic E-state index is -0.860. The molecule has 2 N–H and O–H groups in total. The number of aliphatic hydroxyl groups is 1. The van der Waals surface area contributed by atoms with E-state index in [0.717, 1.165) is 5.56 Å². The van der Waals surface area contributed by atoms with Crippen molar-refractivity contribution in [1.82, 2.24) is 0 Å². The van der Waals surface area contributed by atoms with Crippen molar-refractivity contribution in [2.24, 2.45) is 0 Å². The largest absolute Gasteiger partial charge is 0.508 e. The highest BCUT2D eigenvalue weighted by atomic mass is 35.5. The molecule has 88 valence electrons. The van der Waals surface area contributed by atoms with Crippen LogP contribution in [0.25, 0.3) is 0 Å². The standard InChI is InChI=1S/C12H14Cl2O2/c13-12(14)7-5-11(16,6-8-12)9-1-3-10(15)4-2-9/h1-4,15-16H,5-8H2. The Morgan fingerprint density at radius 1 is 0.938 bits per heavy atom. The Labute approximate surface area is 105 Å². The Bertz CT molecular complexity index is 363. The molecule has 4 heteroatoms. The summed E-state index contributed by atoms with van der Waals surface area (Å²) >= 11 is 12.1. The summed E-state index contributed by atoms with van der Waals surface area (Å²) in [5.41, 5.74) is -0.0461. The fraction of sp³-hybridized carbons (Fsp3) is 0.500. The zero-order valence-corrected chi connectivity index (χ0v) is 10.3. The van der Waals surface area contributed by atoms with Crippen LogP contribution in [0.1, 0.15) is 31.2 Å². The number of benzene rings is 1. The zero-order chi connectivity index (χ0) is 11.8. The molecule has 1 aromatic rings. The van der Waals surface area contributed by atoms with Crippen molar-refractivity contribution in [2.45, 2.75) is 35.6 Å². The van der Waals surface area contributed by atoms with Crippen molar-refractivity contribution in [3.8, 4) is 5.75 Å². The summed E-state index contributed by atoms with van der Waals surface area (Å²) in [4.78, 5) is 0. The van der Waals surface area contributed by atoms with E-state index in [4.69, 9.17) is 23.2 Å². The minimum absolute atomic E-state index is 0.201. The van der Waals surface area contributed by atoms with Crippen LogP contribution in [0, 0.1) is 0 Å². The van der Waals surface area contributed by atoms with Gasteiger partial charge in [0, 0.05) is 0 Å². The van der Waals surface area contributed by atoms with Gasteiger partial charge in [-0.3, -0.25) is 0 Å². The van der Waals surface area contributed by atoms with Gasteiger partial charge in [0.15, 0.2) is 0 Å². The maximum absolute atomic E-state index is 10.5. The number of phenols is 1. The van der Waals surface area contributed by atoms with Gasteiger partial charge in [-0.15, -0.1) is 23.2 Å². The van der Waals surface area contributed by atoms with Crippen LogP contribution in [0.2, 0.25) is 0 Å². The van der Waals surface area contributed by atoms with Crippen LogP contribution in [0.15, 0.2) is 24.3 Å². The molecular weight excluding hydrogens is 247 g/mol. The van der Waals surface area contributed by atoms with Crippen molar-refractivity contribution in [3.63, 3.8) is 0 Å². The molecule has 0 heterocycles. The second-order valence-corrected chi connectivity index (χ2v) is 6.07. The fourth-order valence-electron chi connectivity index (χ4n) is 2.09. The highest BCUT2D eigenvalue weighted by molar-refractivity contribution is 6.48. The minimum Gasteiger partial charge on any atom is -0.508 e. The van der Waals surface area contributed by atoms with Gasteiger partial charge < -0.3 is 10.2 Å². The van der Waals surface area contributed by atoms with Crippen molar-refractivity contribution >= 4 is 23.2 Å². The molecule has 0 aromatic heterocycles. The smallest absolute Gasteiger partial charge is 0.118 e. The predicted octanol–water partition coefficient (Wildman–Crippen LogP) is 3.33. The summed E-state index contributed by atoms with van der Waals surface area (Å²) in [6.45, 7) is 0. The quantitative estimate of drug-likeness (QED) is 0.761. The Hall–Kier alpha value is -0.440. The molecule has 16 heavy (non-hydrogen) atoms. The molecular formula is C12H14Cl2O2. The molecule has 0 aliphatic heterocycles. The van der Waals surface area contributed by atoms with E-state index in [9.17, 15) is 10.2 Å². The topological polar surface area (TPSA) is 40.5 Å². The van der Waals surface area contributed by atoms with Crippen LogP contribution in [0.5, 0.6) is 5.75 Å². The number of aromatic hydroxyl groups is 1. The maximum atomic E-state index is 10.5. The molecule has 2 nitrogen and oxygen atoms in total. The van der Waals surface area contributed by atoms with Crippen LogP contribution in [-0.4, -0.2) is 14.5 Å². The molecule has 0 unspecified atom stereocenters. The lowest BCUT2D eigenvalue weighted by molar-refractivity contribution is -0.00283. The Morgan fingerprint density at radius 2 is 1.44 bits per heavy atom. The highest BCUT2D eigenvalue weighted by Gasteiger charge is 2.40. The van der Waals surface area contributed by atoms with Crippen LogP contribution in [0.3, 0.4) is 0 Å². The lowest BCUT2D eigenvalue weighted by atomic mass is 9.79. The predicted molar refractivity (Wildman–Crippen MR) is 64.9 cm³/mol. The third kappa shape index (κ3) is 2.45. The van der Waals surface area contributed by atoms with E-state index in [-0.39, 0.29) is 5.75 Å². The van der Waals surface area contributed by atoms with Crippen molar-refractivity contribution in [1.29, 1.82) is 0 Å². The molecule has 0 spiro atoms. The van der Waals surface area contributed by atoms with Crippen LogP contribution in [0.4, 0.5) is 0 Å². The van der Waals surface area contributed by atoms with Crippen LogP contribution < -0.4 is 0 Å². The first kappa shape index (κ1) is 12.0. The average Bonchev–Trinajstić information content (AvgIpc) is 2.24. The van der Waals surface area contributed by atoms with Gasteiger partial charge in [-0.25, -0.2) is 0 Å². The second-order valence-electron chi connectivity index (χ2n) is 4.43. The van der Waals surface area contributed by atoms with Gasteiger partial charge >= 0.3 is 0 Å². The van der Waals surface area contributed by atoms with Gasteiger partial charge in [-0.05, 0) is 43.4 Å². The van der Waals surface area contributed by atoms with Crippen LogP contribution >= 0.6 is 23.2 Å². The van der Waals surface area contributed by atoms with Gasteiger partial charge in [0.05, 0.1) is 5.60 Å². The van der Waals surface area contributed by atoms with E-state index in [1.165, 1.54) is 0 Å². The third-order valence-corrected chi connectivity index (χ3v) is 3.97. The van der Waals surface area contributed by atoms with E-state index < -0.39 is 9.93 Å². The normalized spacial score (nSPS) is 22.9. The van der Waals surface area contributed by atoms with Crippen molar-refractivity contribution < 1.29 is 10.2 Å². The molecule has 1 aliphatic rings. The number of halogens is 2. The van der Waals surface area contributed by atoms with Gasteiger partial charge in [-0.2, -0.15) is 0 Å². The molecule has 0 radical (unpaired) electrons. The van der Waals surface area contributed by atoms with E-state index in [0.29, 0.717) is 25.7 Å². The molecule has 0 atom stereocenters. The van der Waals surface area contributed by atoms with Crippen LogP contribution in [-0.2, 0) is 5.60 Å². The lowest BCUT2D eigenvalue weighted by Gasteiger charge is -2.37. The Kier molecular flexibility index (Phi) is 3.08. The van der Waals surface area contributed by atoms with E-state index >= 15 is 0 Å². The number of phenolic OH excluding ortho intramolecular Hbond substituents is 1. The van der Waals surface area contributed by atoms with E-state index in [2.05, 4.69) is 0 Å². The molecule has 0 saturated heterocycles. The number of hydrogen-bond donors (Lipinski definition) is 2. The summed E-state index contributed by atoms with van der Waals surface area (Å²) in [7, 11) is 0. The SMILES string of the molecule is Oc1ccc(C2(O)CCC(Cl)(Cl)CC2)cc1. The fourth-order valence-corrected chi connectivity index (χ4v) is 2.47. The molecule has 0 bridgehead atoms. The lowest BCUT2D eigenvalue weighted by Crippen LogP contribution is -2.35. The number of alkyl halides is 2. The summed E-state index contributed by atoms with van der Waals surface area (Å²) in [6, 6.07) is 6.64. The first-order chi connectivity index (χ1) is 7.41. The summed E-state index contributed by atoms with van der Waals surface area (Å²) in [5, 5.41) is 19.7. The average molecular weight is 261 g/mol. The molecule has 1 saturated carbocycles. The van der Waals surface area contributed by atoms with Crippen molar-refractivity contribution in [2.75, 3.05) is 0 Å². The van der Waals surface area contributed by atoms with Gasteiger partial charge in [0.1, 0.15) is 10.1 Å². The molecule has 0 amide bonds. The first-order valence-corrected chi connectivity index (χ1v) is 6.07. The summed E-state index contributed by atoms with van der Waals surface area (Å²) in [6.07, 6.45) is 2.25. The van der Waals surface area contributed by atoms with Crippen molar-refractivity contribution in [3.05, 3.63) is 29.8 Å². The van der Waals surface area contributed by atoms with Gasteiger partial charge in [0.2, 0.25) is 0 Å². The highest BCUT2D eigenvalue weighted by Crippen LogP contribution is 2.46. The van der Waals surface area contributed by atoms with E-state index in [1.807, 2.05) is 0 Å². The van der Waals surface area contributed by atoms with Gasteiger partial charge in [0.25, 0.3) is 0 Å².